The van der Waals surface area contributed by atoms with E-state index in [9.17, 15) is 14.4 Å². The molecule has 0 saturated heterocycles. The quantitative estimate of drug-likeness (QED) is 0.705. The lowest BCUT2D eigenvalue weighted by atomic mass is 10.2. The van der Waals surface area contributed by atoms with Crippen LogP contribution in [0, 0.1) is 0 Å². The highest BCUT2D eigenvalue weighted by Crippen LogP contribution is 2.16. The Morgan fingerprint density at radius 2 is 1.95 bits per heavy atom. The minimum Gasteiger partial charge on any atom is -0.480 e. The Labute approximate surface area is 121 Å². The Morgan fingerprint density at radius 1 is 1.24 bits per heavy atom. The average molecular weight is 295 g/mol. The summed E-state index contributed by atoms with van der Waals surface area (Å²) in [6, 6.07) is 6.34. The topological polar surface area (TPSA) is 108 Å². The number of anilines is 2. The number of nitrogens with one attached hydrogen (secondary N) is 2. The van der Waals surface area contributed by atoms with Gasteiger partial charge in [0, 0.05) is 25.5 Å². The van der Waals surface area contributed by atoms with Crippen LogP contribution in [0.4, 0.5) is 16.2 Å². The second kappa shape index (κ2) is 7.85. The third-order valence-corrected chi connectivity index (χ3v) is 2.33. The van der Waals surface area contributed by atoms with E-state index in [1.165, 1.54) is 0 Å². The molecule has 1 aromatic rings. The van der Waals surface area contributed by atoms with Crippen LogP contribution in [0.3, 0.4) is 0 Å². The summed E-state index contributed by atoms with van der Waals surface area (Å²) in [5.41, 5.74) is 1.42. The largest absolute Gasteiger partial charge is 0.480 e. The summed E-state index contributed by atoms with van der Waals surface area (Å²) in [4.78, 5) is 34.9. The van der Waals surface area contributed by atoms with Crippen LogP contribution in [0.2, 0.25) is 0 Å². The smallest absolute Gasteiger partial charge is 0.329 e. The minimum absolute atomic E-state index is 0.503. The molecule has 1 rings (SSSR count). The number of rotatable bonds is 6. The van der Waals surface area contributed by atoms with E-state index in [0.29, 0.717) is 5.69 Å². The molecule has 0 saturated carbocycles. The van der Waals surface area contributed by atoms with Crippen LogP contribution >= 0.6 is 0 Å². The summed E-state index contributed by atoms with van der Waals surface area (Å²) >= 11 is 0. The van der Waals surface area contributed by atoms with Crippen LogP contribution in [-0.4, -0.2) is 50.3 Å². The minimum atomic E-state index is -1.19. The molecular formula is C13H17N3O5. The van der Waals surface area contributed by atoms with E-state index in [1.54, 1.807) is 18.2 Å². The summed E-state index contributed by atoms with van der Waals surface area (Å²) in [5.74, 6) is -1.91. The first-order valence-electron chi connectivity index (χ1n) is 6.06. The van der Waals surface area contributed by atoms with Gasteiger partial charge in [0.25, 0.3) is 5.91 Å². The number of amides is 3. The van der Waals surface area contributed by atoms with Gasteiger partial charge in [-0.1, -0.05) is 6.07 Å². The zero-order valence-corrected chi connectivity index (χ0v) is 11.8. The number of benzene rings is 1. The van der Waals surface area contributed by atoms with E-state index in [2.05, 4.69) is 10.1 Å². The van der Waals surface area contributed by atoms with Gasteiger partial charge in [-0.25, -0.2) is 9.59 Å². The fourth-order valence-corrected chi connectivity index (χ4v) is 1.42. The zero-order chi connectivity index (χ0) is 15.8. The Hall–Kier alpha value is -2.61. The Balaban J connectivity index is 2.44. The lowest BCUT2D eigenvalue weighted by molar-refractivity contribution is -0.143. The van der Waals surface area contributed by atoms with Crippen molar-refractivity contribution in [2.75, 3.05) is 37.5 Å². The number of nitrogens with zero attached hydrogens (tertiary/aromatic N) is 1. The Kier molecular flexibility index (Phi) is 6.15. The SMILES string of the molecule is CN(C)c1cccc(NC(=O)NC(=O)COCC(=O)O)c1. The van der Waals surface area contributed by atoms with Gasteiger partial charge >= 0.3 is 12.0 Å². The van der Waals surface area contributed by atoms with Gasteiger partial charge in [-0.05, 0) is 18.2 Å². The molecule has 8 nitrogen and oxygen atoms in total. The maximum absolute atomic E-state index is 11.6. The molecule has 0 aliphatic rings. The van der Waals surface area contributed by atoms with Crippen molar-refractivity contribution in [1.82, 2.24) is 5.32 Å². The van der Waals surface area contributed by atoms with Gasteiger partial charge in [-0.3, -0.25) is 10.1 Å². The van der Waals surface area contributed by atoms with Gasteiger partial charge in [-0.15, -0.1) is 0 Å². The van der Waals surface area contributed by atoms with Crippen molar-refractivity contribution in [3.8, 4) is 0 Å². The van der Waals surface area contributed by atoms with Crippen LogP contribution in [0.25, 0.3) is 0 Å². The molecule has 0 aromatic heterocycles. The van der Waals surface area contributed by atoms with E-state index < -0.39 is 31.1 Å². The Bertz CT molecular complexity index is 530. The molecule has 1 aromatic carbocycles. The highest BCUT2D eigenvalue weighted by Gasteiger charge is 2.09. The van der Waals surface area contributed by atoms with Gasteiger partial charge in [-0.2, -0.15) is 0 Å². The van der Waals surface area contributed by atoms with E-state index >= 15 is 0 Å². The number of carbonyl (C=O) groups is 3. The van der Waals surface area contributed by atoms with Crippen molar-refractivity contribution >= 4 is 29.3 Å². The molecule has 114 valence electrons. The molecule has 0 bridgehead atoms. The van der Waals surface area contributed by atoms with Crippen molar-refractivity contribution in [2.24, 2.45) is 0 Å². The van der Waals surface area contributed by atoms with Crippen molar-refractivity contribution in [3.63, 3.8) is 0 Å². The van der Waals surface area contributed by atoms with E-state index in [4.69, 9.17) is 5.11 Å². The number of hydrogen-bond acceptors (Lipinski definition) is 5. The van der Waals surface area contributed by atoms with Crippen molar-refractivity contribution < 1.29 is 24.2 Å². The molecule has 0 spiro atoms. The summed E-state index contributed by atoms with van der Waals surface area (Å²) < 4.78 is 4.56. The van der Waals surface area contributed by atoms with Crippen LogP contribution < -0.4 is 15.5 Å². The molecule has 8 heteroatoms. The highest BCUT2D eigenvalue weighted by atomic mass is 16.5. The lowest BCUT2D eigenvalue weighted by Crippen LogP contribution is -2.37. The molecule has 0 aliphatic heterocycles. The number of hydrogen-bond donors (Lipinski definition) is 3. The first kappa shape index (κ1) is 16.4. The number of carboxylic acids is 1. The monoisotopic (exact) mass is 295 g/mol. The molecular weight excluding hydrogens is 278 g/mol. The van der Waals surface area contributed by atoms with Crippen molar-refractivity contribution in [2.45, 2.75) is 0 Å². The third kappa shape index (κ3) is 6.39. The van der Waals surface area contributed by atoms with Gasteiger partial charge in [0.2, 0.25) is 0 Å². The molecule has 21 heavy (non-hydrogen) atoms. The predicted octanol–water partition coefficient (Wildman–Crippen LogP) is 0.502. The lowest BCUT2D eigenvalue weighted by Gasteiger charge is -2.14. The number of carboxylic acid groups (broad SMARTS) is 1. The van der Waals surface area contributed by atoms with Gasteiger partial charge < -0.3 is 20.1 Å². The second-order valence-electron chi connectivity index (χ2n) is 4.33. The first-order valence-corrected chi connectivity index (χ1v) is 6.06. The molecule has 0 aliphatic carbocycles. The van der Waals surface area contributed by atoms with Gasteiger partial charge in [0.1, 0.15) is 13.2 Å². The van der Waals surface area contributed by atoms with E-state index in [-0.39, 0.29) is 0 Å². The average Bonchev–Trinajstić information content (AvgIpc) is 2.38. The number of aliphatic carboxylic acids is 1. The maximum Gasteiger partial charge on any atom is 0.329 e. The number of carbonyl (C=O) groups excluding carboxylic acids is 2. The second-order valence-corrected chi connectivity index (χ2v) is 4.33. The van der Waals surface area contributed by atoms with E-state index in [0.717, 1.165) is 5.69 Å². The fraction of sp³-hybridized carbons (Fsp3) is 0.308. The van der Waals surface area contributed by atoms with Crippen molar-refractivity contribution in [1.29, 1.82) is 0 Å². The van der Waals surface area contributed by atoms with Crippen LogP contribution in [0.5, 0.6) is 0 Å². The standard InChI is InChI=1S/C13H17N3O5/c1-16(2)10-5-3-4-9(6-10)14-13(20)15-11(17)7-21-8-12(18)19/h3-6H,7-8H2,1-2H3,(H,18,19)(H2,14,15,17,20). The molecule has 3 N–H and O–H groups in total. The normalized spacial score (nSPS) is 9.81. The summed E-state index contributed by atoms with van der Waals surface area (Å²) in [6.07, 6.45) is 0. The first-order chi connectivity index (χ1) is 9.88. The van der Waals surface area contributed by atoms with Gasteiger partial charge in [0.05, 0.1) is 0 Å². The fourth-order valence-electron chi connectivity index (χ4n) is 1.42. The molecule has 0 atom stereocenters. The van der Waals surface area contributed by atoms with Crippen LogP contribution in [-0.2, 0) is 14.3 Å². The summed E-state index contributed by atoms with van der Waals surface area (Å²) in [5, 5.41) is 12.9. The number of urea groups is 1. The highest BCUT2D eigenvalue weighted by molar-refractivity contribution is 6.01. The maximum atomic E-state index is 11.6. The predicted molar refractivity (Wildman–Crippen MR) is 76.4 cm³/mol. The van der Waals surface area contributed by atoms with Crippen molar-refractivity contribution in [3.05, 3.63) is 24.3 Å². The molecule has 0 unspecified atom stereocenters. The summed E-state index contributed by atoms with van der Waals surface area (Å²) in [6.45, 7) is -1.10. The van der Waals surface area contributed by atoms with Crippen LogP contribution in [0.15, 0.2) is 24.3 Å². The summed E-state index contributed by atoms with van der Waals surface area (Å²) in [7, 11) is 3.73. The molecule has 3 amide bonds. The Morgan fingerprint density at radius 3 is 2.57 bits per heavy atom. The number of ether oxygens (including phenoxy) is 1. The molecule has 0 fully saturated rings. The zero-order valence-electron chi connectivity index (χ0n) is 11.8. The number of imide groups is 1. The van der Waals surface area contributed by atoms with E-state index in [1.807, 2.05) is 30.4 Å². The van der Waals surface area contributed by atoms with Gasteiger partial charge in [0.15, 0.2) is 0 Å². The molecule has 0 radical (unpaired) electrons. The molecule has 0 heterocycles. The van der Waals surface area contributed by atoms with Crippen LogP contribution in [0.1, 0.15) is 0 Å². The third-order valence-electron chi connectivity index (χ3n) is 2.33.